The van der Waals surface area contributed by atoms with Crippen molar-refractivity contribution >= 4 is 28.6 Å². The molecule has 1 amide bonds. The highest BCUT2D eigenvalue weighted by atomic mass is 35.5. The van der Waals surface area contributed by atoms with Crippen molar-refractivity contribution in [1.29, 1.82) is 0 Å². The molecule has 24 heavy (non-hydrogen) atoms. The Balaban J connectivity index is 1.69. The Morgan fingerprint density at radius 2 is 2.04 bits per heavy atom. The molecular weight excluding hydrogens is 330 g/mol. The molecule has 128 valence electrons. The van der Waals surface area contributed by atoms with Crippen LogP contribution in [0.25, 0.3) is 10.9 Å². The van der Waals surface area contributed by atoms with E-state index < -0.39 is 0 Å². The van der Waals surface area contributed by atoms with Crippen LogP contribution in [0.2, 0.25) is 5.02 Å². The number of benzene rings is 1. The Morgan fingerprint density at radius 1 is 1.29 bits per heavy atom. The first-order valence-electron chi connectivity index (χ1n) is 8.03. The van der Waals surface area contributed by atoms with Gasteiger partial charge in [0, 0.05) is 49.9 Å². The number of halogens is 1. The summed E-state index contributed by atoms with van der Waals surface area (Å²) in [5.41, 5.74) is 1.46. The van der Waals surface area contributed by atoms with E-state index in [1.807, 2.05) is 0 Å². The number of carbonyl (C=O) groups excluding carboxylic acids is 1. The Bertz CT molecular complexity index is 797. The van der Waals surface area contributed by atoms with E-state index in [1.54, 1.807) is 36.1 Å². The highest BCUT2D eigenvalue weighted by Gasteiger charge is 2.22. The lowest BCUT2D eigenvalue weighted by Crippen LogP contribution is -2.48. The van der Waals surface area contributed by atoms with E-state index in [1.165, 1.54) is 0 Å². The molecule has 7 heteroatoms. The normalized spacial score (nSPS) is 15.7. The molecule has 2 aromatic rings. The minimum atomic E-state index is -0.261. The van der Waals surface area contributed by atoms with E-state index in [0.717, 1.165) is 18.8 Å². The van der Waals surface area contributed by atoms with Crippen LogP contribution in [0.5, 0.6) is 0 Å². The molecule has 1 N–H and O–H groups in total. The maximum Gasteiger partial charge on any atom is 0.409 e. The van der Waals surface area contributed by atoms with Crippen LogP contribution in [0.15, 0.2) is 29.1 Å². The molecule has 1 aliphatic heterocycles. The third-order valence-corrected chi connectivity index (χ3v) is 4.48. The molecule has 0 atom stereocenters. The zero-order valence-corrected chi connectivity index (χ0v) is 14.3. The van der Waals surface area contributed by atoms with Gasteiger partial charge in [-0.3, -0.25) is 9.69 Å². The van der Waals surface area contributed by atoms with Gasteiger partial charge in [0.15, 0.2) is 5.43 Å². The van der Waals surface area contributed by atoms with Crippen molar-refractivity contribution in [3.8, 4) is 0 Å². The first-order chi connectivity index (χ1) is 11.6. The Kier molecular flexibility index (Phi) is 5.06. The van der Waals surface area contributed by atoms with Crippen LogP contribution in [0.4, 0.5) is 4.79 Å². The molecule has 0 spiro atoms. The summed E-state index contributed by atoms with van der Waals surface area (Å²) in [5.74, 6) is 0. The summed E-state index contributed by atoms with van der Waals surface area (Å²) in [6, 6.07) is 6.92. The van der Waals surface area contributed by atoms with Gasteiger partial charge in [-0.25, -0.2) is 4.79 Å². The van der Waals surface area contributed by atoms with Crippen molar-refractivity contribution in [3.05, 3.63) is 45.2 Å². The summed E-state index contributed by atoms with van der Waals surface area (Å²) in [6.45, 7) is 5.53. The van der Waals surface area contributed by atoms with Gasteiger partial charge in [-0.2, -0.15) is 0 Å². The zero-order chi connectivity index (χ0) is 17.1. The first-order valence-corrected chi connectivity index (χ1v) is 8.40. The lowest BCUT2D eigenvalue weighted by molar-refractivity contribution is 0.0775. The van der Waals surface area contributed by atoms with E-state index in [2.05, 4.69) is 9.88 Å². The summed E-state index contributed by atoms with van der Waals surface area (Å²) in [5, 5.41) is 1.14. The number of fused-ring (bicyclic) bond motifs is 1. The molecule has 0 aliphatic carbocycles. The topological polar surface area (TPSA) is 65.6 Å². The van der Waals surface area contributed by atoms with E-state index in [-0.39, 0.29) is 11.5 Å². The van der Waals surface area contributed by atoms with Gasteiger partial charge in [-0.15, -0.1) is 0 Å². The molecule has 0 unspecified atom stereocenters. The van der Waals surface area contributed by atoms with Crippen molar-refractivity contribution in [2.45, 2.75) is 13.5 Å². The lowest BCUT2D eigenvalue weighted by Gasteiger charge is -2.33. The maximum atomic E-state index is 12.2. The fourth-order valence-corrected chi connectivity index (χ4v) is 3.14. The number of piperazine rings is 1. The quantitative estimate of drug-likeness (QED) is 0.924. The molecule has 0 bridgehead atoms. The SMILES string of the molecule is CCOC(=O)N1CCN(Cc2cc(=O)c3cccc(Cl)c3[nH]2)CC1. The van der Waals surface area contributed by atoms with Crippen molar-refractivity contribution in [1.82, 2.24) is 14.8 Å². The number of para-hydroxylation sites is 1. The van der Waals surface area contributed by atoms with Crippen molar-refractivity contribution in [2.75, 3.05) is 32.8 Å². The highest BCUT2D eigenvalue weighted by molar-refractivity contribution is 6.35. The Labute approximate surface area is 145 Å². The number of aromatic nitrogens is 1. The van der Waals surface area contributed by atoms with Crippen LogP contribution in [0.3, 0.4) is 0 Å². The van der Waals surface area contributed by atoms with Crippen molar-refractivity contribution < 1.29 is 9.53 Å². The number of pyridine rings is 1. The number of nitrogens with zero attached hydrogens (tertiary/aromatic N) is 2. The summed E-state index contributed by atoms with van der Waals surface area (Å²) >= 11 is 6.19. The molecule has 3 rings (SSSR count). The molecule has 1 fully saturated rings. The van der Waals surface area contributed by atoms with Crippen molar-refractivity contribution in [2.24, 2.45) is 0 Å². The van der Waals surface area contributed by atoms with Crippen LogP contribution >= 0.6 is 11.6 Å². The first kappa shape index (κ1) is 16.8. The summed E-state index contributed by atoms with van der Waals surface area (Å²) in [4.78, 5) is 31.1. The number of rotatable bonds is 3. The number of amides is 1. The smallest absolute Gasteiger partial charge is 0.409 e. The monoisotopic (exact) mass is 349 g/mol. The predicted molar refractivity (Wildman–Crippen MR) is 93.5 cm³/mol. The fourth-order valence-electron chi connectivity index (χ4n) is 2.92. The molecule has 0 saturated carbocycles. The van der Waals surface area contributed by atoms with Crippen LogP contribution in [-0.2, 0) is 11.3 Å². The second-order valence-electron chi connectivity index (χ2n) is 5.78. The molecule has 6 nitrogen and oxygen atoms in total. The van der Waals surface area contributed by atoms with E-state index in [4.69, 9.17) is 16.3 Å². The second-order valence-corrected chi connectivity index (χ2v) is 6.19. The molecule has 0 radical (unpaired) electrons. The molecule has 1 aromatic heterocycles. The number of hydrogen-bond acceptors (Lipinski definition) is 4. The standard InChI is InChI=1S/C17H20ClN3O3/c1-2-24-17(23)21-8-6-20(7-9-21)11-12-10-15(22)13-4-3-5-14(18)16(13)19-12/h3-5,10H,2,6-9,11H2,1H3,(H,19,22). The van der Waals surface area contributed by atoms with Crippen LogP contribution in [0, 0.1) is 0 Å². The zero-order valence-electron chi connectivity index (χ0n) is 13.5. The molecule has 1 saturated heterocycles. The van der Waals surface area contributed by atoms with Gasteiger partial charge in [-0.1, -0.05) is 17.7 Å². The Morgan fingerprint density at radius 3 is 2.75 bits per heavy atom. The number of ether oxygens (including phenoxy) is 1. The average Bonchev–Trinajstić information content (AvgIpc) is 2.57. The lowest BCUT2D eigenvalue weighted by atomic mass is 10.2. The van der Waals surface area contributed by atoms with E-state index >= 15 is 0 Å². The minimum absolute atomic E-state index is 0.0357. The van der Waals surface area contributed by atoms with E-state index in [0.29, 0.717) is 42.2 Å². The summed E-state index contributed by atoms with van der Waals surface area (Å²) in [6.07, 6.45) is -0.261. The van der Waals surface area contributed by atoms with Crippen molar-refractivity contribution in [3.63, 3.8) is 0 Å². The number of nitrogens with one attached hydrogen (secondary N) is 1. The van der Waals surface area contributed by atoms with Gasteiger partial charge in [0.05, 0.1) is 17.1 Å². The average molecular weight is 350 g/mol. The number of hydrogen-bond donors (Lipinski definition) is 1. The van der Waals surface area contributed by atoms with Gasteiger partial charge in [0.1, 0.15) is 0 Å². The van der Waals surface area contributed by atoms with Crippen LogP contribution in [-0.4, -0.2) is 53.7 Å². The largest absolute Gasteiger partial charge is 0.450 e. The predicted octanol–water partition coefficient (Wildman–Crippen LogP) is 2.46. The third kappa shape index (κ3) is 3.55. The third-order valence-electron chi connectivity index (χ3n) is 4.16. The number of carbonyl (C=O) groups is 1. The summed E-state index contributed by atoms with van der Waals surface area (Å²) < 4.78 is 5.02. The van der Waals surface area contributed by atoms with Crippen LogP contribution < -0.4 is 5.43 Å². The molecule has 1 aromatic carbocycles. The highest BCUT2D eigenvalue weighted by Crippen LogP contribution is 2.19. The minimum Gasteiger partial charge on any atom is -0.450 e. The van der Waals surface area contributed by atoms with E-state index in [9.17, 15) is 9.59 Å². The number of aromatic amines is 1. The molecule has 1 aliphatic rings. The maximum absolute atomic E-state index is 12.2. The van der Waals surface area contributed by atoms with Gasteiger partial charge >= 0.3 is 6.09 Å². The number of H-pyrrole nitrogens is 1. The van der Waals surface area contributed by atoms with Crippen LogP contribution in [0.1, 0.15) is 12.6 Å². The van der Waals surface area contributed by atoms with Gasteiger partial charge < -0.3 is 14.6 Å². The Hall–Kier alpha value is -2.05. The molecular formula is C17H20ClN3O3. The van der Waals surface area contributed by atoms with Gasteiger partial charge in [0.25, 0.3) is 0 Å². The van der Waals surface area contributed by atoms with Gasteiger partial charge in [-0.05, 0) is 19.1 Å². The fraction of sp³-hybridized carbons (Fsp3) is 0.412. The summed E-state index contributed by atoms with van der Waals surface area (Å²) in [7, 11) is 0. The second kappa shape index (κ2) is 7.23. The molecule has 2 heterocycles. The van der Waals surface area contributed by atoms with Gasteiger partial charge in [0.2, 0.25) is 0 Å².